The van der Waals surface area contributed by atoms with Crippen molar-refractivity contribution >= 4 is 55.7 Å². The van der Waals surface area contributed by atoms with Gasteiger partial charge in [0.1, 0.15) is 5.66 Å². The van der Waals surface area contributed by atoms with Gasteiger partial charge in [0.25, 0.3) is 0 Å². The second kappa shape index (κ2) is 31.9. The topological polar surface area (TPSA) is 55.9 Å². The highest BCUT2D eigenvalue weighted by atomic mass is 15.4. The van der Waals surface area contributed by atoms with Crippen LogP contribution in [0.2, 0.25) is 0 Å². The van der Waals surface area contributed by atoms with Gasteiger partial charge in [-0.1, -0.05) is 244 Å². The summed E-state index contributed by atoms with van der Waals surface area (Å²) in [5, 5.41) is 24.2. The first kappa shape index (κ1) is 56.7. The maximum atomic E-state index is 5.12. The molecule has 0 saturated carbocycles. The molecule has 392 valence electrons. The van der Waals surface area contributed by atoms with Gasteiger partial charge in [-0.3, -0.25) is 0 Å². The van der Waals surface area contributed by atoms with E-state index in [4.69, 9.17) is 15.3 Å². The molecule has 0 bridgehead atoms. The first-order valence-electron chi connectivity index (χ1n) is 30.0. The van der Waals surface area contributed by atoms with Crippen molar-refractivity contribution in [1.82, 2.24) is 0 Å². The van der Waals surface area contributed by atoms with E-state index in [1.165, 1.54) is 214 Å². The molecule has 1 heterocycles. The molecule has 72 heavy (non-hydrogen) atoms. The first-order valence-corrected chi connectivity index (χ1v) is 30.0. The van der Waals surface area contributed by atoms with E-state index >= 15 is 0 Å². The lowest BCUT2D eigenvalue weighted by molar-refractivity contribution is 0.341. The number of nitrogens with zero attached hydrogens (tertiary/aromatic N) is 6. The Kier molecular flexibility index (Phi) is 25.1. The van der Waals surface area contributed by atoms with E-state index in [0.29, 0.717) is 5.92 Å². The molecule has 0 N–H and O–H groups in total. The lowest BCUT2D eigenvalue weighted by Crippen LogP contribution is -2.62. The van der Waals surface area contributed by atoms with Crippen LogP contribution in [0.1, 0.15) is 233 Å². The van der Waals surface area contributed by atoms with Crippen LogP contribution in [-0.4, -0.2) is 18.8 Å². The number of fused-ring (bicyclic) bond motifs is 1. The van der Waals surface area contributed by atoms with Crippen LogP contribution in [-0.2, 0) is 6.42 Å². The molecular weight excluding hydrogens is 877 g/mol. The number of azo groups is 2. The molecule has 0 spiro atoms. The van der Waals surface area contributed by atoms with Crippen molar-refractivity contribution < 1.29 is 0 Å². The van der Waals surface area contributed by atoms with Gasteiger partial charge in [-0.2, -0.15) is 5.11 Å². The smallest absolute Gasteiger partial charge is 0.110 e. The minimum Gasteiger partial charge on any atom is -0.348 e. The summed E-state index contributed by atoms with van der Waals surface area (Å²) in [6.45, 7) is 16.3. The summed E-state index contributed by atoms with van der Waals surface area (Å²) in [7, 11) is 0. The van der Waals surface area contributed by atoms with E-state index in [9.17, 15) is 0 Å². The first-order chi connectivity index (χ1) is 35.4. The fourth-order valence-corrected chi connectivity index (χ4v) is 11.4. The predicted molar refractivity (Wildman–Crippen MR) is 315 cm³/mol. The number of unbranched alkanes of at least 4 members (excludes halogenated alkanes) is 24. The summed E-state index contributed by atoms with van der Waals surface area (Å²) >= 11 is 0. The van der Waals surface area contributed by atoms with Crippen molar-refractivity contribution in [2.24, 2.45) is 26.4 Å². The molecule has 5 aromatic rings. The summed E-state index contributed by atoms with van der Waals surface area (Å²) in [4.78, 5) is 5.73. The van der Waals surface area contributed by atoms with Gasteiger partial charge in [-0.25, -0.2) is 0 Å². The third-order valence-corrected chi connectivity index (χ3v) is 16.1. The van der Waals surface area contributed by atoms with Crippen LogP contribution >= 0.6 is 0 Å². The number of hydrogen-bond acceptors (Lipinski definition) is 6. The predicted octanol–water partition coefficient (Wildman–Crippen LogP) is 22.7. The maximum Gasteiger partial charge on any atom is 0.110 e. The Labute approximate surface area is 439 Å². The molecule has 5 aromatic carbocycles. The molecular formula is C66H98N6. The molecule has 1 aliphatic rings. The summed E-state index contributed by atoms with van der Waals surface area (Å²) in [6, 6.07) is 32.7. The van der Waals surface area contributed by atoms with Gasteiger partial charge in [0.05, 0.1) is 22.7 Å². The molecule has 0 radical (unpaired) electrons. The fraction of sp³-hybridized carbons (Fsp3) is 0.606. The number of rotatable bonds is 37. The summed E-state index contributed by atoms with van der Waals surface area (Å²) in [5.41, 5.74) is 7.47. The highest BCUT2D eigenvalue weighted by Gasteiger charge is 2.42. The lowest BCUT2D eigenvalue weighted by Gasteiger charge is -2.55. The maximum absolute atomic E-state index is 5.12. The van der Waals surface area contributed by atoms with E-state index in [2.05, 4.69) is 141 Å². The van der Waals surface area contributed by atoms with Gasteiger partial charge in [0, 0.05) is 46.0 Å². The third-order valence-electron chi connectivity index (χ3n) is 16.1. The average molecular weight is 976 g/mol. The van der Waals surface area contributed by atoms with Crippen molar-refractivity contribution in [3.63, 3.8) is 0 Å². The zero-order valence-corrected chi connectivity index (χ0v) is 46.5. The van der Waals surface area contributed by atoms with Gasteiger partial charge in [0.15, 0.2) is 0 Å². The van der Waals surface area contributed by atoms with Gasteiger partial charge in [-0.05, 0) is 93.0 Å². The van der Waals surface area contributed by atoms with Crippen molar-refractivity contribution in [3.05, 3.63) is 96.6 Å². The average Bonchev–Trinajstić information content (AvgIpc) is 3.40. The van der Waals surface area contributed by atoms with Gasteiger partial charge in [-0.15, -0.1) is 15.3 Å². The van der Waals surface area contributed by atoms with Gasteiger partial charge >= 0.3 is 0 Å². The van der Waals surface area contributed by atoms with Crippen LogP contribution < -0.4 is 9.80 Å². The van der Waals surface area contributed by atoms with Gasteiger partial charge < -0.3 is 9.80 Å². The molecule has 2 atom stereocenters. The molecule has 0 amide bonds. The summed E-state index contributed by atoms with van der Waals surface area (Å²) in [5.74, 6) is 0.672. The second-order valence-corrected chi connectivity index (χ2v) is 22.0. The highest BCUT2D eigenvalue weighted by Crippen LogP contribution is 2.50. The highest BCUT2D eigenvalue weighted by molar-refractivity contribution is 6.10. The Balaban J connectivity index is 1.26. The molecule has 6 rings (SSSR count). The monoisotopic (exact) mass is 975 g/mol. The standard InChI is InChI=1S/C66H98N6/c1-7-11-14-17-20-23-24-25-26-29-34-50-66(6)71(51-35-30-27-21-18-15-12-8-2)63-41-37-40-59-62(48-49-64(65(59)63)72(66)52-36-31-28-22-19-16-13-9-3)70-69-61-47-46-60(57-38-32-33-39-58(57)61)68-67-56-44-42-55(43-45-56)53-54(5)10-4/h32-33,37-49,54H,7-31,34-36,50-53H2,1-6H3/t54-,66?/m0/s1. The number of benzene rings is 5. The Morgan fingerprint density at radius 1 is 0.403 bits per heavy atom. The molecule has 0 fully saturated rings. The molecule has 0 saturated heterocycles. The van der Waals surface area contributed by atoms with Crippen LogP contribution in [0.4, 0.5) is 34.1 Å². The van der Waals surface area contributed by atoms with E-state index in [1.54, 1.807) is 0 Å². The normalized spacial score (nSPS) is 15.3. The van der Waals surface area contributed by atoms with Crippen LogP contribution in [0.15, 0.2) is 111 Å². The molecule has 1 unspecified atom stereocenters. The van der Waals surface area contributed by atoms with Gasteiger partial charge in [0.2, 0.25) is 0 Å². The lowest BCUT2D eigenvalue weighted by atomic mass is 9.90. The molecule has 0 aromatic heterocycles. The summed E-state index contributed by atoms with van der Waals surface area (Å²) in [6.07, 6.45) is 39.9. The Morgan fingerprint density at radius 2 is 0.806 bits per heavy atom. The molecule has 6 heteroatoms. The van der Waals surface area contributed by atoms with Crippen molar-refractivity contribution in [2.75, 3.05) is 22.9 Å². The van der Waals surface area contributed by atoms with Crippen molar-refractivity contribution in [1.29, 1.82) is 0 Å². The van der Waals surface area contributed by atoms with E-state index in [0.717, 1.165) is 53.0 Å². The Hall–Kier alpha value is -4.58. The van der Waals surface area contributed by atoms with Crippen LogP contribution in [0, 0.1) is 5.92 Å². The van der Waals surface area contributed by atoms with E-state index < -0.39 is 0 Å². The molecule has 1 aliphatic heterocycles. The van der Waals surface area contributed by atoms with E-state index in [-0.39, 0.29) is 5.66 Å². The minimum atomic E-state index is -0.0966. The third kappa shape index (κ3) is 17.0. The molecule has 6 nitrogen and oxygen atoms in total. The SMILES string of the molecule is CCCCCCCCCCCCCC1(C)N(CCCCCCCCCC)c2cccc3c(N=Nc4ccc(N=Nc5ccc(C[C@@H](C)CC)cc5)c5ccccc45)ccc(c23)N1CCCCCCCCCC. The number of hydrogen-bond donors (Lipinski definition) is 0. The summed E-state index contributed by atoms with van der Waals surface area (Å²) < 4.78 is 0. The Morgan fingerprint density at radius 3 is 1.29 bits per heavy atom. The quantitative estimate of drug-likeness (QED) is 0.0294. The van der Waals surface area contributed by atoms with E-state index in [1.807, 2.05) is 6.07 Å². The fourth-order valence-electron chi connectivity index (χ4n) is 11.4. The minimum absolute atomic E-state index is 0.0966. The molecule has 0 aliphatic carbocycles. The second-order valence-electron chi connectivity index (χ2n) is 22.0. The zero-order chi connectivity index (χ0) is 50.6. The van der Waals surface area contributed by atoms with Crippen LogP contribution in [0.5, 0.6) is 0 Å². The zero-order valence-electron chi connectivity index (χ0n) is 46.5. The number of anilines is 2. The van der Waals surface area contributed by atoms with Crippen molar-refractivity contribution in [2.45, 2.75) is 240 Å². The largest absolute Gasteiger partial charge is 0.348 e. The Bertz CT molecular complexity index is 2310. The van der Waals surface area contributed by atoms with Crippen LogP contribution in [0.25, 0.3) is 21.5 Å². The van der Waals surface area contributed by atoms with Crippen molar-refractivity contribution in [3.8, 4) is 0 Å². The van der Waals surface area contributed by atoms with Crippen LogP contribution in [0.3, 0.4) is 0 Å².